The Labute approximate surface area is 200 Å². The van der Waals surface area contributed by atoms with Crippen LogP contribution >= 0.6 is 0 Å². The molecule has 0 saturated carbocycles. The highest BCUT2D eigenvalue weighted by Crippen LogP contribution is 2.33. The summed E-state index contributed by atoms with van der Waals surface area (Å²) in [6.45, 7) is 9.71. The van der Waals surface area contributed by atoms with Crippen LogP contribution in [0, 0.1) is 13.8 Å². The maximum absolute atomic E-state index is 12.8. The highest BCUT2D eigenvalue weighted by molar-refractivity contribution is 5.93. The van der Waals surface area contributed by atoms with Crippen LogP contribution in [0.3, 0.4) is 0 Å². The van der Waals surface area contributed by atoms with Crippen LogP contribution in [0.25, 0.3) is 0 Å². The Morgan fingerprint density at radius 2 is 1.21 bits per heavy atom. The molecule has 0 aromatic heterocycles. The topological polar surface area (TPSA) is 84.9 Å². The number of hydrogen-bond acceptors (Lipinski definition) is 6. The summed E-state index contributed by atoms with van der Waals surface area (Å²) in [6, 6.07) is 18.6. The number of aliphatic hydroxyl groups excluding tert-OH is 1. The number of nitrogens with one attached hydrogen (secondary N) is 1. The van der Waals surface area contributed by atoms with Gasteiger partial charge in [0.05, 0.1) is 17.2 Å². The third kappa shape index (κ3) is 6.53. The number of aliphatic hydroxyl groups is 1. The van der Waals surface area contributed by atoms with E-state index in [0.29, 0.717) is 16.7 Å². The summed E-state index contributed by atoms with van der Waals surface area (Å²) in [6.07, 6.45) is -0.860. The quantitative estimate of drug-likeness (QED) is 0.356. The van der Waals surface area contributed by atoms with Gasteiger partial charge in [0.25, 0.3) is 0 Å². The van der Waals surface area contributed by atoms with E-state index in [4.69, 9.17) is 9.47 Å². The molecular formula is C28H31NO5. The zero-order chi connectivity index (χ0) is 24.8. The Kier molecular flexibility index (Phi) is 8.21. The molecule has 0 bridgehead atoms. The highest BCUT2D eigenvalue weighted by Gasteiger charge is 2.22. The first-order valence-corrected chi connectivity index (χ1v) is 11.3. The Morgan fingerprint density at radius 1 is 0.735 bits per heavy atom. The third-order valence-electron chi connectivity index (χ3n) is 5.36. The first-order valence-electron chi connectivity index (χ1n) is 11.3. The van der Waals surface area contributed by atoms with Gasteiger partial charge in [0.15, 0.2) is 11.5 Å². The standard InChI is InChI=1S/C28H31NO5/c1-17(2)29-20(5)26(30)23-14-15-24(33-27(31)21-10-6-18(3)7-11-21)25(16-23)34-28(32)22-12-8-19(4)9-13-22/h6-17,20,26,29-30H,1-5H3. The third-order valence-corrected chi connectivity index (χ3v) is 5.36. The van der Waals surface area contributed by atoms with Crippen molar-refractivity contribution in [3.63, 3.8) is 0 Å². The summed E-state index contributed by atoms with van der Waals surface area (Å²) in [5.74, 6) is -1.02. The second kappa shape index (κ2) is 11.1. The lowest BCUT2D eigenvalue weighted by Gasteiger charge is -2.23. The van der Waals surface area contributed by atoms with Crippen molar-refractivity contribution in [3.05, 3.63) is 94.5 Å². The minimum absolute atomic E-state index is 0.0549. The Morgan fingerprint density at radius 3 is 1.68 bits per heavy atom. The molecule has 2 N–H and O–H groups in total. The summed E-state index contributed by atoms with van der Waals surface area (Å²) in [5.41, 5.74) is 3.30. The molecule has 178 valence electrons. The Balaban J connectivity index is 1.91. The number of ether oxygens (including phenoxy) is 2. The van der Waals surface area contributed by atoms with Crippen LogP contribution < -0.4 is 14.8 Å². The van der Waals surface area contributed by atoms with Gasteiger partial charge in [0.1, 0.15) is 0 Å². The molecule has 0 aliphatic carbocycles. The van der Waals surface area contributed by atoms with E-state index < -0.39 is 18.0 Å². The van der Waals surface area contributed by atoms with Crippen LogP contribution in [-0.4, -0.2) is 29.1 Å². The van der Waals surface area contributed by atoms with Gasteiger partial charge < -0.3 is 19.9 Å². The molecule has 0 amide bonds. The zero-order valence-electron chi connectivity index (χ0n) is 20.2. The number of esters is 2. The Hall–Kier alpha value is -3.48. The molecule has 6 nitrogen and oxygen atoms in total. The van der Waals surface area contributed by atoms with Crippen LogP contribution in [0.4, 0.5) is 0 Å². The fourth-order valence-electron chi connectivity index (χ4n) is 3.48. The van der Waals surface area contributed by atoms with E-state index in [9.17, 15) is 14.7 Å². The lowest BCUT2D eigenvalue weighted by atomic mass is 10.0. The molecule has 0 fully saturated rings. The molecule has 0 aliphatic heterocycles. The van der Waals surface area contributed by atoms with Crippen molar-refractivity contribution in [2.75, 3.05) is 0 Å². The fraction of sp³-hybridized carbons (Fsp3) is 0.286. The van der Waals surface area contributed by atoms with Crippen molar-refractivity contribution >= 4 is 11.9 Å². The summed E-state index contributed by atoms with van der Waals surface area (Å²) < 4.78 is 11.2. The number of aryl methyl sites for hydroxylation is 2. The van der Waals surface area contributed by atoms with Crippen LogP contribution in [0.5, 0.6) is 11.5 Å². The van der Waals surface area contributed by atoms with E-state index in [1.807, 2.05) is 58.9 Å². The van der Waals surface area contributed by atoms with Crippen LogP contribution in [-0.2, 0) is 0 Å². The molecule has 6 heteroatoms. The maximum atomic E-state index is 12.8. The number of rotatable bonds is 8. The van der Waals surface area contributed by atoms with Crippen molar-refractivity contribution in [3.8, 4) is 11.5 Å². The number of carbonyl (C=O) groups is 2. The van der Waals surface area contributed by atoms with E-state index >= 15 is 0 Å². The largest absolute Gasteiger partial charge is 0.419 e. The second-order valence-electron chi connectivity index (χ2n) is 8.77. The number of hydrogen-bond donors (Lipinski definition) is 2. The predicted octanol–water partition coefficient (Wildman–Crippen LogP) is 5.16. The summed E-state index contributed by atoms with van der Waals surface area (Å²) >= 11 is 0. The van der Waals surface area contributed by atoms with Crippen LogP contribution in [0.1, 0.15) is 64.3 Å². The second-order valence-corrected chi connectivity index (χ2v) is 8.77. The van der Waals surface area contributed by atoms with Gasteiger partial charge in [-0.15, -0.1) is 0 Å². The molecule has 3 rings (SSSR count). The average Bonchev–Trinajstić information content (AvgIpc) is 2.80. The van der Waals surface area contributed by atoms with Gasteiger partial charge in [-0.25, -0.2) is 9.59 Å². The smallest absolute Gasteiger partial charge is 0.343 e. The first-order chi connectivity index (χ1) is 16.1. The summed E-state index contributed by atoms with van der Waals surface area (Å²) in [7, 11) is 0. The van der Waals surface area contributed by atoms with Crippen molar-refractivity contribution in [1.29, 1.82) is 0 Å². The van der Waals surface area contributed by atoms with Crippen molar-refractivity contribution < 1.29 is 24.2 Å². The van der Waals surface area contributed by atoms with E-state index in [1.54, 1.807) is 30.3 Å². The van der Waals surface area contributed by atoms with E-state index in [1.165, 1.54) is 12.1 Å². The van der Waals surface area contributed by atoms with Gasteiger partial charge >= 0.3 is 11.9 Å². The maximum Gasteiger partial charge on any atom is 0.343 e. The molecule has 3 aromatic carbocycles. The van der Waals surface area contributed by atoms with Gasteiger partial charge in [-0.2, -0.15) is 0 Å². The molecular weight excluding hydrogens is 430 g/mol. The minimum atomic E-state index is -0.860. The molecule has 0 saturated heterocycles. The van der Waals surface area contributed by atoms with Gasteiger partial charge in [0.2, 0.25) is 0 Å². The molecule has 0 heterocycles. The van der Waals surface area contributed by atoms with Crippen LogP contribution in [0.15, 0.2) is 66.7 Å². The van der Waals surface area contributed by atoms with Gasteiger partial charge in [-0.05, 0) is 62.7 Å². The Bertz CT molecular complexity index is 1140. The molecule has 3 aromatic rings. The average molecular weight is 462 g/mol. The molecule has 2 unspecified atom stereocenters. The molecule has 0 spiro atoms. The fourth-order valence-corrected chi connectivity index (χ4v) is 3.48. The van der Waals surface area contributed by atoms with Crippen LogP contribution in [0.2, 0.25) is 0 Å². The minimum Gasteiger partial charge on any atom is -0.419 e. The SMILES string of the molecule is Cc1ccc(C(=O)Oc2ccc(C(O)C(C)NC(C)C)cc2OC(=O)c2ccc(C)cc2)cc1. The summed E-state index contributed by atoms with van der Waals surface area (Å²) in [5, 5.41) is 14.1. The molecule has 0 radical (unpaired) electrons. The predicted molar refractivity (Wildman–Crippen MR) is 131 cm³/mol. The van der Waals surface area contributed by atoms with E-state index in [-0.39, 0.29) is 23.6 Å². The van der Waals surface area contributed by atoms with E-state index in [2.05, 4.69) is 5.32 Å². The van der Waals surface area contributed by atoms with E-state index in [0.717, 1.165) is 11.1 Å². The van der Waals surface area contributed by atoms with Crippen molar-refractivity contribution in [2.24, 2.45) is 0 Å². The van der Waals surface area contributed by atoms with Gasteiger partial charge in [-0.3, -0.25) is 0 Å². The molecule has 34 heavy (non-hydrogen) atoms. The van der Waals surface area contributed by atoms with Crippen molar-refractivity contribution in [1.82, 2.24) is 5.32 Å². The zero-order valence-corrected chi connectivity index (χ0v) is 20.2. The van der Waals surface area contributed by atoms with Crippen molar-refractivity contribution in [2.45, 2.75) is 52.8 Å². The molecule has 2 atom stereocenters. The lowest BCUT2D eigenvalue weighted by molar-refractivity contribution is 0.0681. The van der Waals surface area contributed by atoms with Gasteiger partial charge in [0, 0.05) is 12.1 Å². The first kappa shape index (κ1) is 25.1. The highest BCUT2D eigenvalue weighted by atomic mass is 16.6. The lowest BCUT2D eigenvalue weighted by Crippen LogP contribution is -2.37. The normalized spacial score (nSPS) is 12.8. The number of carbonyl (C=O) groups excluding carboxylic acids is 2. The summed E-state index contributed by atoms with van der Waals surface area (Å²) in [4.78, 5) is 25.5. The van der Waals surface area contributed by atoms with Gasteiger partial charge in [-0.1, -0.05) is 55.3 Å². The molecule has 0 aliphatic rings. The number of benzene rings is 3. The monoisotopic (exact) mass is 461 g/mol.